The quantitative estimate of drug-likeness (QED) is 0.667. The van der Waals surface area contributed by atoms with Crippen LogP contribution in [0.2, 0.25) is 5.02 Å². The van der Waals surface area contributed by atoms with Gasteiger partial charge < -0.3 is 14.4 Å². The molecule has 2 aromatic rings. The summed E-state index contributed by atoms with van der Waals surface area (Å²) >= 11 is 6.32. The predicted molar refractivity (Wildman–Crippen MR) is 117 cm³/mol. The van der Waals surface area contributed by atoms with E-state index in [1.54, 1.807) is 0 Å². The fourth-order valence-electron chi connectivity index (χ4n) is 3.99. The summed E-state index contributed by atoms with van der Waals surface area (Å²) in [5.41, 5.74) is 2.43. The lowest BCUT2D eigenvalue weighted by Gasteiger charge is -2.41. The number of nitrogens with zero attached hydrogens (tertiary/aromatic N) is 2. The maximum Gasteiger partial charge on any atom is 0.307 e. The SMILES string of the molecule is CCOc1cc(C)c(Cl)cc1-c1cc(CN2C[C@H](C(=O)O)C[C@@H](C(C)(C)C)C2)on1. The van der Waals surface area contributed by atoms with Crippen molar-refractivity contribution in [2.45, 2.75) is 47.6 Å². The molecule has 0 unspecified atom stereocenters. The maximum absolute atomic E-state index is 11.7. The topological polar surface area (TPSA) is 75.8 Å². The standard InChI is InChI=1S/C23H31ClN2O4/c1-6-29-21-7-14(2)19(24)10-18(21)20-9-17(30-25-20)13-26-11-15(22(27)28)8-16(12-26)23(3,4)5/h7,9-10,15-16H,6,8,11-13H2,1-5H3,(H,27,28)/t15-,16-/m1/s1. The smallest absolute Gasteiger partial charge is 0.307 e. The number of piperidine rings is 1. The molecule has 1 aliphatic rings. The molecule has 0 amide bonds. The fourth-order valence-corrected chi connectivity index (χ4v) is 4.15. The second kappa shape index (κ2) is 8.98. The lowest BCUT2D eigenvalue weighted by atomic mass is 9.73. The van der Waals surface area contributed by atoms with Gasteiger partial charge in [-0.15, -0.1) is 0 Å². The second-order valence-corrected chi connectivity index (χ2v) is 9.64. The van der Waals surface area contributed by atoms with Crippen molar-refractivity contribution in [3.63, 3.8) is 0 Å². The molecular formula is C23H31ClN2O4. The summed E-state index contributed by atoms with van der Waals surface area (Å²) in [5.74, 6) is 0.614. The van der Waals surface area contributed by atoms with Crippen LogP contribution in [0.1, 0.15) is 45.4 Å². The van der Waals surface area contributed by atoms with Crippen molar-refractivity contribution in [1.29, 1.82) is 0 Å². The van der Waals surface area contributed by atoms with E-state index in [1.807, 2.05) is 32.0 Å². The van der Waals surface area contributed by atoms with Crippen LogP contribution in [0.15, 0.2) is 22.7 Å². The first-order chi connectivity index (χ1) is 14.1. The lowest BCUT2D eigenvalue weighted by Crippen LogP contribution is -2.46. The molecule has 1 fully saturated rings. The summed E-state index contributed by atoms with van der Waals surface area (Å²) in [6.45, 7) is 12.8. The van der Waals surface area contributed by atoms with Crippen LogP contribution in [0.3, 0.4) is 0 Å². The number of likely N-dealkylation sites (tertiary alicyclic amines) is 1. The summed E-state index contributed by atoms with van der Waals surface area (Å²) in [7, 11) is 0. The van der Waals surface area contributed by atoms with Crippen molar-refractivity contribution in [2.75, 3.05) is 19.7 Å². The van der Waals surface area contributed by atoms with Gasteiger partial charge in [0.1, 0.15) is 11.4 Å². The number of benzene rings is 1. The highest BCUT2D eigenvalue weighted by molar-refractivity contribution is 6.31. The first kappa shape index (κ1) is 22.6. The zero-order valence-corrected chi connectivity index (χ0v) is 19.1. The number of halogens is 1. The highest BCUT2D eigenvalue weighted by Gasteiger charge is 2.37. The van der Waals surface area contributed by atoms with E-state index in [0.29, 0.717) is 48.5 Å². The Morgan fingerprint density at radius 1 is 1.33 bits per heavy atom. The normalized spacial score (nSPS) is 20.3. The number of hydrogen-bond acceptors (Lipinski definition) is 5. The number of rotatable bonds is 6. The van der Waals surface area contributed by atoms with Gasteiger partial charge in [-0.3, -0.25) is 9.69 Å². The van der Waals surface area contributed by atoms with Gasteiger partial charge in [0, 0.05) is 29.7 Å². The molecule has 1 saturated heterocycles. The first-order valence-electron chi connectivity index (χ1n) is 10.4. The Kier molecular flexibility index (Phi) is 6.78. The Morgan fingerprint density at radius 3 is 2.70 bits per heavy atom. The molecule has 1 aromatic carbocycles. The number of carbonyl (C=O) groups is 1. The van der Waals surface area contributed by atoms with E-state index in [1.165, 1.54) is 0 Å². The van der Waals surface area contributed by atoms with Crippen molar-refractivity contribution in [3.05, 3.63) is 34.5 Å². The van der Waals surface area contributed by atoms with E-state index in [2.05, 4.69) is 30.8 Å². The summed E-state index contributed by atoms with van der Waals surface area (Å²) in [6, 6.07) is 5.64. The van der Waals surface area contributed by atoms with Crippen LogP contribution < -0.4 is 4.74 Å². The molecule has 7 heteroatoms. The monoisotopic (exact) mass is 434 g/mol. The zero-order chi connectivity index (χ0) is 22.1. The van der Waals surface area contributed by atoms with Crippen molar-refractivity contribution < 1.29 is 19.2 Å². The third-order valence-corrected chi connectivity index (χ3v) is 6.28. The van der Waals surface area contributed by atoms with Crippen molar-refractivity contribution >= 4 is 17.6 Å². The van der Waals surface area contributed by atoms with Crippen LogP contribution in [0.5, 0.6) is 5.75 Å². The van der Waals surface area contributed by atoms with Crippen molar-refractivity contribution in [1.82, 2.24) is 10.1 Å². The third-order valence-electron chi connectivity index (χ3n) is 5.88. The Bertz CT molecular complexity index is 903. The Hall–Kier alpha value is -2.05. The van der Waals surface area contributed by atoms with Crippen LogP contribution in [-0.2, 0) is 11.3 Å². The Morgan fingerprint density at radius 2 is 2.07 bits per heavy atom. The maximum atomic E-state index is 11.7. The lowest BCUT2D eigenvalue weighted by molar-refractivity contribution is -0.145. The Labute approximate surface area is 183 Å². The number of carboxylic acid groups (broad SMARTS) is 1. The van der Waals surface area contributed by atoms with Gasteiger partial charge >= 0.3 is 5.97 Å². The molecule has 0 bridgehead atoms. The summed E-state index contributed by atoms with van der Waals surface area (Å²) in [5, 5.41) is 14.5. The van der Waals surface area contributed by atoms with E-state index in [0.717, 1.165) is 23.4 Å². The first-order valence-corrected chi connectivity index (χ1v) is 10.8. The molecule has 2 heterocycles. The zero-order valence-electron chi connectivity index (χ0n) is 18.4. The van der Waals surface area contributed by atoms with Crippen LogP contribution in [0.25, 0.3) is 11.3 Å². The minimum atomic E-state index is -0.733. The summed E-state index contributed by atoms with van der Waals surface area (Å²) in [4.78, 5) is 13.8. The minimum absolute atomic E-state index is 0.0456. The number of aromatic nitrogens is 1. The van der Waals surface area contributed by atoms with E-state index >= 15 is 0 Å². The molecule has 0 saturated carbocycles. The number of hydrogen-bond donors (Lipinski definition) is 1. The van der Waals surface area contributed by atoms with Gasteiger partial charge in [0.25, 0.3) is 0 Å². The molecular weight excluding hydrogens is 404 g/mol. The van der Waals surface area contributed by atoms with Gasteiger partial charge in [0.15, 0.2) is 5.76 Å². The molecule has 30 heavy (non-hydrogen) atoms. The number of aryl methyl sites for hydroxylation is 1. The van der Waals surface area contributed by atoms with Gasteiger partial charge in [0.05, 0.1) is 19.1 Å². The van der Waals surface area contributed by atoms with Crippen LogP contribution in [0, 0.1) is 24.2 Å². The Balaban J connectivity index is 1.81. The average molecular weight is 435 g/mol. The highest BCUT2D eigenvalue weighted by Crippen LogP contribution is 2.37. The highest BCUT2D eigenvalue weighted by atomic mass is 35.5. The molecule has 0 spiro atoms. The number of aliphatic carboxylic acids is 1. The molecule has 6 nitrogen and oxygen atoms in total. The van der Waals surface area contributed by atoms with Gasteiger partial charge in [0.2, 0.25) is 0 Å². The molecule has 2 atom stereocenters. The molecule has 164 valence electrons. The summed E-state index contributed by atoms with van der Waals surface area (Å²) < 4.78 is 11.4. The second-order valence-electron chi connectivity index (χ2n) is 9.24. The largest absolute Gasteiger partial charge is 0.493 e. The molecule has 1 aliphatic heterocycles. The predicted octanol–water partition coefficient (Wildman–Crippen LogP) is 5.27. The molecule has 1 N–H and O–H groups in total. The number of ether oxygens (including phenoxy) is 1. The van der Waals surface area contributed by atoms with Crippen LogP contribution >= 0.6 is 11.6 Å². The van der Waals surface area contributed by atoms with E-state index in [9.17, 15) is 9.90 Å². The van der Waals surface area contributed by atoms with Gasteiger partial charge in [-0.05, 0) is 49.3 Å². The van der Waals surface area contributed by atoms with Gasteiger partial charge in [-0.25, -0.2) is 0 Å². The molecule has 1 aromatic heterocycles. The van der Waals surface area contributed by atoms with Crippen molar-refractivity contribution in [2.24, 2.45) is 17.3 Å². The van der Waals surface area contributed by atoms with Gasteiger partial charge in [-0.2, -0.15) is 0 Å². The van der Waals surface area contributed by atoms with E-state index < -0.39 is 5.97 Å². The van der Waals surface area contributed by atoms with Gasteiger partial charge in [-0.1, -0.05) is 37.5 Å². The molecule has 0 radical (unpaired) electrons. The number of carboxylic acids is 1. The molecule has 3 rings (SSSR count). The van der Waals surface area contributed by atoms with E-state index in [4.69, 9.17) is 20.9 Å². The average Bonchev–Trinajstić information content (AvgIpc) is 3.12. The third kappa shape index (κ3) is 5.16. The van der Waals surface area contributed by atoms with Crippen LogP contribution in [0.4, 0.5) is 0 Å². The van der Waals surface area contributed by atoms with Crippen molar-refractivity contribution in [3.8, 4) is 17.0 Å². The summed E-state index contributed by atoms with van der Waals surface area (Å²) in [6.07, 6.45) is 0.705. The van der Waals surface area contributed by atoms with E-state index in [-0.39, 0.29) is 11.3 Å². The fraction of sp³-hybridized carbons (Fsp3) is 0.565. The molecule has 0 aliphatic carbocycles. The minimum Gasteiger partial charge on any atom is -0.493 e. The van der Waals surface area contributed by atoms with Crippen LogP contribution in [-0.4, -0.2) is 40.8 Å².